The third-order valence-corrected chi connectivity index (χ3v) is 5.99. The summed E-state index contributed by atoms with van der Waals surface area (Å²) < 4.78 is 27.1. The zero-order chi connectivity index (χ0) is 30.7. The van der Waals surface area contributed by atoms with Gasteiger partial charge in [-0.3, -0.25) is 36.8 Å². The second kappa shape index (κ2) is 19.4. The van der Waals surface area contributed by atoms with Crippen LogP contribution in [-0.4, -0.2) is 67.4 Å². The van der Waals surface area contributed by atoms with Gasteiger partial charge in [-0.25, -0.2) is 0 Å². The number of halogens is 2. The number of aliphatic hydroxyl groups is 1. The van der Waals surface area contributed by atoms with Gasteiger partial charge in [-0.2, -0.15) is 8.42 Å². The summed E-state index contributed by atoms with van der Waals surface area (Å²) in [4.78, 5) is 0. The van der Waals surface area contributed by atoms with E-state index in [0.717, 1.165) is 25.7 Å². The third-order valence-electron chi connectivity index (χ3n) is 4.78. The van der Waals surface area contributed by atoms with Gasteiger partial charge < -0.3 is 26.4 Å². The largest absolute Gasteiger partial charge is 0.395 e. The monoisotopic (exact) mass is 630 g/mol. The normalized spacial score (nSPS) is 10.3. The lowest BCUT2D eigenvalue weighted by Gasteiger charge is -2.13. The third kappa shape index (κ3) is 19.1. The molecule has 0 heterocycles. The van der Waals surface area contributed by atoms with Crippen LogP contribution < -0.4 is 31.9 Å². The Hall–Kier alpha value is -3.63. The van der Waals surface area contributed by atoms with Crippen molar-refractivity contribution in [2.24, 2.45) is 0 Å². The molecule has 0 aromatic heterocycles. The first-order chi connectivity index (χ1) is 19.4. The van der Waals surface area contributed by atoms with Crippen molar-refractivity contribution in [3.63, 3.8) is 0 Å². The fraction of sp³-hybridized carbons (Fsp3) is 0.333. The number of unbranched alkanes of at least 4 members (excludes halogenated alkanes) is 3. The summed E-state index contributed by atoms with van der Waals surface area (Å²) >= 11 is 11.7. The Balaban J connectivity index is 0.00000106. The van der Waals surface area contributed by atoms with Crippen LogP contribution in [0.15, 0.2) is 48.5 Å². The van der Waals surface area contributed by atoms with Crippen molar-refractivity contribution in [2.75, 3.05) is 36.1 Å². The molecule has 0 saturated heterocycles. The topological polar surface area (TPSA) is 242 Å². The average molecular weight is 632 g/mol. The molecule has 0 saturated carbocycles. The first-order valence-corrected chi connectivity index (χ1v) is 14.7. The van der Waals surface area contributed by atoms with Gasteiger partial charge >= 0.3 is 0 Å². The lowest BCUT2D eigenvalue weighted by Crippen LogP contribution is -2.43. The van der Waals surface area contributed by atoms with E-state index in [1.54, 1.807) is 48.5 Å². The summed E-state index contributed by atoms with van der Waals surface area (Å²) in [6, 6.07) is 13.9. The van der Waals surface area contributed by atoms with Crippen LogP contribution in [0.2, 0.25) is 10.0 Å². The zero-order valence-corrected chi connectivity index (χ0v) is 24.5. The van der Waals surface area contributed by atoms with Crippen molar-refractivity contribution < 1.29 is 18.1 Å². The molecule has 0 spiro atoms. The summed E-state index contributed by atoms with van der Waals surface area (Å²) in [5.74, 6) is -0.464. The molecular formula is C24H36Cl2N10O4S. The van der Waals surface area contributed by atoms with E-state index in [1.165, 1.54) is 0 Å². The van der Waals surface area contributed by atoms with Crippen LogP contribution in [0, 0.1) is 21.6 Å². The molecule has 0 aliphatic carbocycles. The highest BCUT2D eigenvalue weighted by molar-refractivity contribution is 7.85. The van der Waals surface area contributed by atoms with E-state index in [2.05, 4.69) is 31.9 Å². The van der Waals surface area contributed by atoms with Crippen molar-refractivity contribution in [1.82, 2.24) is 21.3 Å². The number of benzene rings is 2. The van der Waals surface area contributed by atoms with Gasteiger partial charge in [0, 0.05) is 34.5 Å². The molecule has 226 valence electrons. The predicted molar refractivity (Wildman–Crippen MR) is 165 cm³/mol. The van der Waals surface area contributed by atoms with E-state index in [-0.39, 0.29) is 23.8 Å². The molecule has 0 radical (unpaired) electrons. The molecule has 0 bridgehead atoms. The highest BCUT2D eigenvalue weighted by atomic mass is 35.5. The van der Waals surface area contributed by atoms with Crippen molar-refractivity contribution >= 4 is 68.5 Å². The molecule has 0 fully saturated rings. The summed E-state index contributed by atoms with van der Waals surface area (Å²) in [7, 11) is -3.92. The minimum absolute atomic E-state index is 0.00148. The smallest absolute Gasteiger partial charge is 0.267 e. The fourth-order valence-electron chi connectivity index (χ4n) is 2.90. The number of hydrogen-bond donors (Lipinski definition) is 12. The Morgan fingerprint density at radius 2 is 1.02 bits per heavy atom. The molecule has 17 heteroatoms. The number of hydrogen-bond acceptors (Lipinski definition) is 7. The minimum atomic E-state index is -3.92. The van der Waals surface area contributed by atoms with Crippen LogP contribution >= 0.6 is 23.2 Å². The number of guanidine groups is 4. The standard InChI is InChI=1S/C22H30Cl2N10.C2H6O4S/c23-15-5-9-17(10-6-15)31-21(27)33-19(25)29-13-3-1-2-4-14-30-20(26)34-22(28)32-18-11-7-16(24)8-12-18;3-1-2-7(4,5)6/h5-12H,1-4,13-14H2,(H5,25,27,29,31,33)(H5,26,28,30,32,34);3H,1-2H2,(H,4,5,6). The molecule has 0 amide bonds. The van der Waals surface area contributed by atoms with Crippen LogP contribution in [-0.2, 0) is 10.1 Å². The molecule has 2 rings (SSSR count). The summed E-state index contributed by atoms with van der Waals surface area (Å²) in [5, 5.41) is 57.4. The summed E-state index contributed by atoms with van der Waals surface area (Å²) in [6.45, 7) is 0.718. The fourth-order valence-corrected chi connectivity index (χ4v) is 3.38. The first-order valence-electron chi connectivity index (χ1n) is 12.3. The van der Waals surface area contributed by atoms with E-state index < -0.39 is 22.5 Å². The van der Waals surface area contributed by atoms with Gasteiger partial charge in [0.25, 0.3) is 10.1 Å². The van der Waals surface area contributed by atoms with Gasteiger partial charge in [-0.05, 0) is 61.4 Å². The maximum Gasteiger partial charge on any atom is 0.267 e. The minimum Gasteiger partial charge on any atom is -0.395 e. The second-order valence-corrected chi connectivity index (χ2v) is 10.7. The molecule has 0 atom stereocenters. The molecule has 0 aliphatic heterocycles. The zero-order valence-electron chi connectivity index (χ0n) is 22.2. The molecule has 0 aliphatic rings. The van der Waals surface area contributed by atoms with E-state index >= 15 is 0 Å². The number of nitrogens with one attached hydrogen (secondary N) is 10. The van der Waals surface area contributed by atoms with Crippen molar-refractivity contribution in [3.05, 3.63) is 58.6 Å². The van der Waals surface area contributed by atoms with Gasteiger partial charge in [-0.15, -0.1) is 0 Å². The molecule has 41 heavy (non-hydrogen) atoms. The molecular weight excluding hydrogens is 595 g/mol. The number of rotatable bonds is 11. The van der Waals surface area contributed by atoms with Gasteiger partial charge in [-0.1, -0.05) is 36.0 Å². The van der Waals surface area contributed by atoms with Crippen LogP contribution in [0.25, 0.3) is 0 Å². The second-order valence-electron chi connectivity index (χ2n) is 8.29. The highest BCUT2D eigenvalue weighted by Crippen LogP contribution is 2.13. The van der Waals surface area contributed by atoms with E-state index in [1.807, 2.05) is 0 Å². The summed E-state index contributed by atoms with van der Waals surface area (Å²) in [6.07, 6.45) is 3.70. The molecule has 12 N–H and O–H groups in total. The Kier molecular flexibility index (Phi) is 16.8. The average Bonchev–Trinajstić information content (AvgIpc) is 2.88. The van der Waals surface area contributed by atoms with Crippen LogP contribution in [0.1, 0.15) is 25.7 Å². The molecule has 14 nitrogen and oxygen atoms in total. The highest BCUT2D eigenvalue weighted by Gasteiger charge is 2.03. The Bertz CT molecular complexity index is 1150. The Morgan fingerprint density at radius 3 is 1.32 bits per heavy atom. The van der Waals surface area contributed by atoms with E-state index in [9.17, 15) is 8.42 Å². The van der Waals surface area contributed by atoms with Gasteiger partial charge in [0.2, 0.25) is 0 Å². The lowest BCUT2D eigenvalue weighted by atomic mass is 10.2. The predicted octanol–water partition coefficient (Wildman–Crippen LogP) is 3.04. The maximum atomic E-state index is 9.63. The summed E-state index contributed by atoms with van der Waals surface area (Å²) in [5.41, 5.74) is 1.42. The van der Waals surface area contributed by atoms with Gasteiger partial charge in [0.1, 0.15) is 0 Å². The Labute approximate surface area is 249 Å². The first kappa shape index (κ1) is 35.4. The van der Waals surface area contributed by atoms with Crippen LogP contribution in [0.3, 0.4) is 0 Å². The Morgan fingerprint density at radius 1 is 0.659 bits per heavy atom. The SMILES string of the molecule is N=C(NCCCCCCNC(=N)NC(=N)Nc1ccc(Cl)cc1)NC(=N)Nc1ccc(Cl)cc1.O=S(=O)(O)CCO. The van der Waals surface area contributed by atoms with E-state index in [0.29, 0.717) is 34.5 Å². The molecule has 0 unspecified atom stereocenters. The van der Waals surface area contributed by atoms with Gasteiger partial charge in [0.05, 0.1) is 12.4 Å². The van der Waals surface area contributed by atoms with Crippen molar-refractivity contribution in [3.8, 4) is 0 Å². The van der Waals surface area contributed by atoms with Crippen molar-refractivity contribution in [1.29, 1.82) is 21.6 Å². The van der Waals surface area contributed by atoms with Gasteiger partial charge in [0.15, 0.2) is 23.8 Å². The molecule has 2 aromatic carbocycles. The van der Waals surface area contributed by atoms with Crippen molar-refractivity contribution in [2.45, 2.75) is 25.7 Å². The van der Waals surface area contributed by atoms with E-state index in [4.69, 9.17) is 54.5 Å². The quantitative estimate of drug-likeness (QED) is 0.0748. The van der Waals surface area contributed by atoms with Crippen LogP contribution in [0.4, 0.5) is 11.4 Å². The number of anilines is 2. The number of aliphatic hydroxyl groups excluding tert-OH is 1. The molecule has 2 aromatic rings. The lowest BCUT2D eigenvalue weighted by molar-refractivity contribution is 0.315. The van der Waals surface area contributed by atoms with Crippen LogP contribution in [0.5, 0.6) is 0 Å². The maximum absolute atomic E-state index is 9.63.